The molecule has 0 saturated carbocycles. The van der Waals surface area contributed by atoms with Crippen LogP contribution in [0.25, 0.3) is 10.9 Å². The van der Waals surface area contributed by atoms with Gasteiger partial charge in [0.1, 0.15) is 0 Å². The van der Waals surface area contributed by atoms with Crippen molar-refractivity contribution in [3.63, 3.8) is 0 Å². The second kappa shape index (κ2) is 6.49. The molecule has 104 valence electrons. The number of thioether (sulfide) groups is 1. The number of rotatable bonds is 6. The molecule has 2 rings (SSSR count). The number of fused-ring (bicyclic) bond motifs is 1. The van der Waals surface area contributed by atoms with Crippen molar-refractivity contribution in [2.45, 2.75) is 38.1 Å². The van der Waals surface area contributed by atoms with Gasteiger partial charge in [0.2, 0.25) is 0 Å². The normalized spacial score (nSPS) is 11.9. The molecular weight excluding hydrogens is 252 g/mol. The third-order valence-electron chi connectivity index (χ3n) is 3.78. The number of aromatic amines is 1. The molecule has 0 unspecified atom stereocenters. The van der Waals surface area contributed by atoms with Crippen molar-refractivity contribution in [1.29, 1.82) is 0 Å². The Kier molecular flexibility index (Phi) is 4.94. The smallest absolute Gasteiger partial charge is 0.0457 e. The lowest BCUT2D eigenvalue weighted by Gasteiger charge is -2.24. The summed E-state index contributed by atoms with van der Waals surface area (Å²) >= 11 is 1.81. The number of hydrogen-bond donors (Lipinski definition) is 1. The summed E-state index contributed by atoms with van der Waals surface area (Å²) in [6.45, 7) is 9.02. The Labute approximate surface area is 120 Å². The second-order valence-electron chi connectivity index (χ2n) is 5.20. The van der Waals surface area contributed by atoms with E-state index in [1.54, 1.807) is 11.8 Å². The van der Waals surface area contributed by atoms with Crippen molar-refractivity contribution in [3.8, 4) is 0 Å². The topological polar surface area (TPSA) is 19.0 Å². The quantitative estimate of drug-likeness (QED) is 0.799. The number of nitrogens with zero attached hydrogens (tertiary/aromatic N) is 1. The van der Waals surface area contributed by atoms with E-state index in [4.69, 9.17) is 0 Å². The molecule has 1 heterocycles. The van der Waals surface area contributed by atoms with Crippen LogP contribution in [-0.2, 0) is 6.42 Å². The molecule has 0 saturated heterocycles. The van der Waals surface area contributed by atoms with Crippen LogP contribution in [0.5, 0.6) is 0 Å². The van der Waals surface area contributed by atoms with Gasteiger partial charge in [0.05, 0.1) is 0 Å². The Morgan fingerprint density at radius 1 is 1.32 bits per heavy atom. The maximum absolute atomic E-state index is 3.38. The van der Waals surface area contributed by atoms with Gasteiger partial charge in [-0.3, -0.25) is 0 Å². The fourth-order valence-electron chi connectivity index (χ4n) is 2.54. The SMILES string of the molecule is CCN(CCc1c[nH]c2ccc(SC)cc12)C(C)C. The van der Waals surface area contributed by atoms with Crippen molar-refractivity contribution in [3.05, 3.63) is 30.0 Å². The van der Waals surface area contributed by atoms with Crippen LogP contribution in [-0.4, -0.2) is 35.3 Å². The zero-order chi connectivity index (χ0) is 13.8. The van der Waals surface area contributed by atoms with E-state index < -0.39 is 0 Å². The molecule has 0 aliphatic rings. The van der Waals surface area contributed by atoms with Crippen LogP contribution in [0.15, 0.2) is 29.3 Å². The van der Waals surface area contributed by atoms with Gasteiger partial charge in [0.15, 0.2) is 0 Å². The van der Waals surface area contributed by atoms with Crippen LogP contribution in [0, 0.1) is 0 Å². The van der Waals surface area contributed by atoms with Crippen molar-refractivity contribution < 1.29 is 0 Å². The van der Waals surface area contributed by atoms with E-state index >= 15 is 0 Å². The highest BCUT2D eigenvalue weighted by molar-refractivity contribution is 7.98. The van der Waals surface area contributed by atoms with Crippen LogP contribution in [0.3, 0.4) is 0 Å². The van der Waals surface area contributed by atoms with Crippen LogP contribution < -0.4 is 0 Å². The van der Waals surface area contributed by atoms with Crippen LogP contribution in [0.2, 0.25) is 0 Å². The molecule has 0 radical (unpaired) electrons. The lowest BCUT2D eigenvalue weighted by Crippen LogP contribution is -2.32. The number of benzene rings is 1. The number of aromatic nitrogens is 1. The van der Waals surface area contributed by atoms with Gasteiger partial charge in [0.25, 0.3) is 0 Å². The summed E-state index contributed by atoms with van der Waals surface area (Å²) in [5.41, 5.74) is 2.69. The van der Waals surface area contributed by atoms with Crippen molar-refractivity contribution >= 4 is 22.7 Å². The van der Waals surface area contributed by atoms with E-state index in [1.807, 2.05) is 0 Å². The average molecular weight is 276 g/mol. The molecule has 0 fully saturated rings. The van der Waals surface area contributed by atoms with Gasteiger partial charge in [-0.25, -0.2) is 0 Å². The van der Waals surface area contributed by atoms with Gasteiger partial charge in [-0.2, -0.15) is 0 Å². The van der Waals surface area contributed by atoms with Crippen LogP contribution in [0.1, 0.15) is 26.3 Å². The first kappa shape index (κ1) is 14.5. The lowest BCUT2D eigenvalue weighted by molar-refractivity contribution is 0.237. The molecule has 0 aliphatic carbocycles. The fraction of sp³-hybridized carbons (Fsp3) is 0.500. The fourth-order valence-corrected chi connectivity index (χ4v) is 2.98. The zero-order valence-electron chi connectivity index (χ0n) is 12.4. The molecule has 0 bridgehead atoms. The standard InChI is InChI=1S/C16H24N2S/c1-5-18(12(2)3)9-8-13-11-17-16-7-6-14(19-4)10-15(13)16/h6-7,10-12,17H,5,8-9H2,1-4H3. The number of likely N-dealkylation sites (N-methyl/N-ethyl adjacent to an activating group) is 1. The van der Waals surface area contributed by atoms with Gasteiger partial charge in [-0.15, -0.1) is 11.8 Å². The Hall–Kier alpha value is -0.930. The molecule has 3 heteroatoms. The minimum atomic E-state index is 0.622. The first-order valence-electron chi connectivity index (χ1n) is 7.03. The van der Waals surface area contributed by atoms with E-state index in [-0.39, 0.29) is 0 Å². The average Bonchev–Trinajstić information content (AvgIpc) is 2.81. The van der Waals surface area contributed by atoms with Gasteiger partial charge in [-0.1, -0.05) is 6.92 Å². The predicted molar refractivity (Wildman–Crippen MR) is 86.2 cm³/mol. The summed E-state index contributed by atoms with van der Waals surface area (Å²) in [5, 5.41) is 1.38. The summed E-state index contributed by atoms with van der Waals surface area (Å²) in [5.74, 6) is 0. The third-order valence-corrected chi connectivity index (χ3v) is 4.50. The molecular formula is C16H24N2S. The number of H-pyrrole nitrogens is 1. The highest BCUT2D eigenvalue weighted by Gasteiger charge is 2.09. The Bertz CT molecular complexity index is 531. The van der Waals surface area contributed by atoms with Gasteiger partial charge in [-0.05, 0) is 56.8 Å². The minimum absolute atomic E-state index is 0.622. The minimum Gasteiger partial charge on any atom is -0.361 e. The Balaban J connectivity index is 2.16. The Morgan fingerprint density at radius 3 is 2.74 bits per heavy atom. The summed E-state index contributed by atoms with van der Waals surface area (Å²) in [6, 6.07) is 7.29. The van der Waals surface area contributed by atoms with Crippen LogP contribution in [0.4, 0.5) is 0 Å². The highest BCUT2D eigenvalue weighted by atomic mass is 32.2. The molecule has 0 aliphatic heterocycles. The second-order valence-corrected chi connectivity index (χ2v) is 6.08. The lowest BCUT2D eigenvalue weighted by atomic mass is 10.1. The maximum atomic E-state index is 3.38. The number of hydrogen-bond acceptors (Lipinski definition) is 2. The molecule has 1 N–H and O–H groups in total. The predicted octanol–water partition coefficient (Wildman–Crippen LogP) is 4.16. The highest BCUT2D eigenvalue weighted by Crippen LogP contribution is 2.24. The molecule has 2 aromatic rings. The first-order chi connectivity index (χ1) is 9.15. The molecule has 0 spiro atoms. The maximum Gasteiger partial charge on any atom is 0.0457 e. The molecule has 0 amide bonds. The molecule has 2 nitrogen and oxygen atoms in total. The van der Waals surface area contributed by atoms with Gasteiger partial charge in [0, 0.05) is 34.6 Å². The van der Waals surface area contributed by atoms with E-state index in [0.29, 0.717) is 6.04 Å². The first-order valence-corrected chi connectivity index (χ1v) is 8.26. The summed E-state index contributed by atoms with van der Waals surface area (Å²) in [4.78, 5) is 7.23. The van der Waals surface area contributed by atoms with E-state index in [0.717, 1.165) is 19.5 Å². The Morgan fingerprint density at radius 2 is 2.11 bits per heavy atom. The monoisotopic (exact) mass is 276 g/mol. The number of nitrogens with one attached hydrogen (secondary N) is 1. The van der Waals surface area contributed by atoms with E-state index in [2.05, 4.69) is 61.3 Å². The molecule has 0 atom stereocenters. The largest absolute Gasteiger partial charge is 0.361 e. The molecule has 19 heavy (non-hydrogen) atoms. The summed E-state index contributed by atoms with van der Waals surface area (Å²) in [7, 11) is 0. The molecule has 1 aromatic carbocycles. The zero-order valence-corrected chi connectivity index (χ0v) is 13.2. The van der Waals surface area contributed by atoms with Crippen LogP contribution >= 0.6 is 11.8 Å². The summed E-state index contributed by atoms with van der Waals surface area (Å²) < 4.78 is 0. The van der Waals surface area contributed by atoms with Crippen molar-refractivity contribution in [1.82, 2.24) is 9.88 Å². The van der Waals surface area contributed by atoms with Gasteiger partial charge >= 0.3 is 0 Å². The molecule has 1 aromatic heterocycles. The third kappa shape index (κ3) is 3.34. The van der Waals surface area contributed by atoms with Crippen molar-refractivity contribution in [2.75, 3.05) is 19.3 Å². The van der Waals surface area contributed by atoms with Gasteiger partial charge < -0.3 is 9.88 Å². The van der Waals surface area contributed by atoms with E-state index in [9.17, 15) is 0 Å². The van der Waals surface area contributed by atoms with E-state index in [1.165, 1.54) is 21.4 Å². The van der Waals surface area contributed by atoms with Crippen molar-refractivity contribution in [2.24, 2.45) is 0 Å². The summed E-state index contributed by atoms with van der Waals surface area (Å²) in [6.07, 6.45) is 5.41.